The van der Waals surface area contributed by atoms with E-state index >= 15 is 0 Å². The van der Waals surface area contributed by atoms with Crippen LogP contribution < -0.4 is 0 Å². The first kappa shape index (κ1) is 12.1. The van der Waals surface area contributed by atoms with Crippen LogP contribution in [0.5, 0.6) is 0 Å². The van der Waals surface area contributed by atoms with Crippen LogP contribution in [0.1, 0.15) is 17.5 Å². The molecule has 3 nitrogen and oxygen atoms in total. The summed E-state index contributed by atoms with van der Waals surface area (Å²) in [7, 11) is -3.14. The van der Waals surface area contributed by atoms with Crippen LogP contribution in [0, 0.1) is 0 Å². The molecule has 0 spiro atoms. The minimum absolute atomic E-state index is 0.00215. The molecular weight excluding hydrogens is 290 g/mol. The van der Waals surface area contributed by atoms with Gasteiger partial charge in [0.25, 0.3) is 0 Å². The molecule has 2 rings (SSSR count). The van der Waals surface area contributed by atoms with Crippen molar-refractivity contribution >= 4 is 26.0 Å². The predicted octanol–water partition coefficient (Wildman–Crippen LogP) is 2.12. The topological polar surface area (TPSA) is 37.4 Å². The van der Waals surface area contributed by atoms with Crippen molar-refractivity contribution in [1.82, 2.24) is 4.31 Å². The van der Waals surface area contributed by atoms with E-state index in [0.29, 0.717) is 13.1 Å². The fourth-order valence-corrected chi connectivity index (χ4v) is 3.73. The first-order chi connectivity index (χ1) is 7.63. The molecule has 1 aliphatic rings. The molecule has 0 bridgehead atoms. The summed E-state index contributed by atoms with van der Waals surface area (Å²) in [6.45, 7) is 1.12. The number of halogens is 1. The van der Waals surface area contributed by atoms with Crippen molar-refractivity contribution in [2.45, 2.75) is 19.4 Å². The minimum atomic E-state index is -3.14. The SMILES string of the molecule is O=S(=O)(CBr)N1CCCc2ccccc2C1. The van der Waals surface area contributed by atoms with Crippen LogP contribution in [0.15, 0.2) is 24.3 Å². The van der Waals surface area contributed by atoms with Gasteiger partial charge in [-0.1, -0.05) is 40.2 Å². The van der Waals surface area contributed by atoms with Gasteiger partial charge >= 0.3 is 0 Å². The van der Waals surface area contributed by atoms with Crippen molar-refractivity contribution in [1.29, 1.82) is 0 Å². The standard InChI is InChI=1S/C11H14BrNO2S/c12-9-16(14,15)13-7-3-6-10-4-1-2-5-11(10)8-13/h1-2,4-5H,3,6-9H2. The molecule has 0 unspecified atom stereocenters. The fraction of sp³-hybridized carbons (Fsp3) is 0.455. The first-order valence-corrected chi connectivity index (χ1v) is 7.97. The molecule has 0 fully saturated rings. The van der Waals surface area contributed by atoms with Crippen LogP contribution in [0.3, 0.4) is 0 Å². The van der Waals surface area contributed by atoms with Gasteiger partial charge in [0.15, 0.2) is 0 Å². The third-order valence-corrected chi connectivity index (χ3v) is 5.96. The Hall–Kier alpha value is -0.390. The van der Waals surface area contributed by atoms with Gasteiger partial charge < -0.3 is 0 Å². The van der Waals surface area contributed by atoms with Crippen molar-refractivity contribution < 1.29 is 8.42 Å². The van der Waals surface area contributed by atoms with Crippen LogP contribution in [0.25, 0.3) is 0 Å². The molecule has 0 atom stereocenters. The van der Waals surface area contributed by atoms with Crippen LogP contribution in [-0.4, -0.2) is 23.9 Å². The van der Waals surface area contributed by atoms with Crippen LogP contribution in [0.2, 0.25) is 0 Å². The lowest BCUT2D eigenvalue weighted by Gasteiger charge is -2.18. The predicted molar refractivity (Wildman–Crippen MR) is 67.9 cm³/mol. The lowest BCUT2D eigenvalue weighted by atomic mass is 10.0. The van der Waals surface area contributed by atoms with Gasteiger partial charge in [0.2, 0.25) is 10.0 Å². The molecule has 0 saturated heterocycles. The maximum atomic E-state index is 11.8. The molecule has 1 heterocycles. The van der Waals surface area contributed by atoms with E-state index in [9.17, 15) is 8.42 Å². The summed E-state index contributed by atoms with van der Waals surface area (Å²) in [5, 5.41) is 0. The van der Waals surface area contributed by atoms with E-state index in [-0.39, 0.29) is 4.66 Å². The van der Waals surface area contributed by atoms with E-state index < -0.39 is 10.0 Å². The Kier molecular flexibility index (Phi) is 3.66. The number of benzene rings is 1. The zero-order valence-electron chi connectivity index (χ0n) is 8.89. The molecule has 0 amide bonds. The number of rotatable bonds is 2. The maximum absolute atomic E-state index is 11.8. The molecule has 5 heteroatoms. The van der Waals surface area contributed by atoms with Crippen molar-refractivity contribution in [2.24, 2.45) is 0 Å². The summed E-state index contributed by atoms with van der Waals surface area (Å²) < 4.78 is 25.2. The van der Waals surface area contributed by atoms with Crippen molar-refractivity contribution in [3.05, 3.63) is 35.4 Å². The maximum Gasteiger partial charge on any atom is 0.224 e. The molecule has 1 aliphatic heterocycles. The number of hydrogen-bond acceptors (Lipinski definition) is 2. The van der Waals surface area contributed by atoms with Crippen LogP contribution in [-0.2, 0) is 23.0 Å². The van der Waals surface area contributed by atoms with Crippen molar-refractivity contribution in [2.75, 3.05) is 11.2 Å². The van der Waals surface area contributed by atoms with E-state index in [4.69, 9.17) is 0 Å². The number of hydrogen-bond donors (Lipinski definition) is 0. The molecule has 0 aliphatic carbocycles. The summed E-state index contributed by atoms with van der Waals surface area (Å²) in [5.74, 6) is 0. The van der Waals surface area contributed by atoms with Crippen molar-refractivity contribution in [3.63, 3.8) is 0 Å². The average Bonchev–Trinajstić information content (AvgIpc) is 2.51. The third-order valence-electron chi connectivity index (χ3n) is 2.85. The number of sulfonamides is 1. The minimum Gasteiger partial charge on any atom is -0.211 e. The van der Waals surface area contributed by atoms with Crippen LogP contribution in [0.4, 0.5) is 0 Å². The second kappa shape index (κ2) is 4.85. The Morgan fingerprint density at radius 1 is 1.25 bits per heavy atom. The van der Waals surface area contributed by atoms with E-state index in [1.807, 2.05) is 18.2 Å². The quantitative estimate of drug-likeness (QED) is 0.785. The molecule has 0 N–H and O–H groups in total. The summed E-state index contributed by atoms with van der Waals surface area (Å²) in [6.07, 6.45) is 1.85. The number of alkyl halides is 1. The fourth-order valence-electron chi connectivity index (χ4n) is 1.98. The van der Waals surface area contributed by atoms with Gasteiger partial charge in [-0.2, -0.15) is 4.31 Å². The Bertz CT molecular complexity index is 473. The van der Waals surface area contributed by atoms with Gasteiger partial charge in [0.1, 0.15) is 4.66 Å². The highest BCUT2D eigenvalue weighted by atomic mass is 79.9. The summed E-state index contributed by atoms with van der Waals surface area (Å²) >= 11 is 3.04. The number of nitrogens with zero attached hydrogens (tertiary/aromatic N) is 1. The lowest BCUT2D eigenvalue weighted by Crippen LogP contribution is -2.31. The molecule has 1 aromatic carbocycles. The Balaban J connectivity index is 2.30. The van der Waals surface area contributed by atoms with Gasteiger partial charge in [-0.3, -0.25) is 0 Å². The number of aryl methyl sites for hydroxylation is 1. The Morgan fingerprint density at radius 2 is 1.94 bits per heavy atom. The lowest BCUT2D eigenvalue weighted by molar-refractivity contribution is 0.413. The highest BCUT2D eigenvalue weighted by Gasteiger charge is 2.23. The second-order valence-corrected chi connectivity index (χ2v) is 7.20. The molecular formula is C11H14BrNO2S. The van der Waals surface area contributed by atoms with Gasteiger partial charge in [-0.25, -0.2) is 8.42 Å². The normalized spacial score (nSPS) is 17.8. The second-order valence-electron chi connectivity index (χ2n) is 3.93. The highest BCUT2D eigenvalue weighted by Crippen LogP contribution is 2.21. The van der Waals surface area contributed by atoms with Gasteiger partial charge in [0, 0.05) is 13.1 Å². The largest absolute Gasteiger partial charge is 0.224 e. The van der Waals surface area contributed by atoms with E-state index in [1.54, 1.807) is 4.31 Å². The monoisotopic (exact) mass is 303 g/mol. The van der Waals surface area contributed by atoms with Gasteiger partial charge in [-0.15, -0.1) is 0 Å². The van der Waals surface area contributed by atoms with E-state index in [0.717, 1.165) is 18.4 Å². The third kappa shape index (κ3) is 2.47. The smallest absolute Gasteiger partial charge is 0.211 e. The van der Waals surface area contributed by atoms with E-state index in [2.05, 4.69) is 22.0 Å². The average molecular weight is 304 g/mol. The zero-order chi connectivity index (χ0) is 11.6. The molecule has 0 aromatic heterocycles. The molecule has 0 radical (unpaired) electrons. The molecule has 88 valence electrons. The molecule has 0 saturated carbocycles. The summed E-state index contributed by atoms with van der Waals surface area (Å²) in [6, 6.07) is 8.06. The van der Waals surface area contributed by atoms with Gasteiger partial charge in [0.05, 0.1) is 0 Å². The zero-order valence-corrected chi connectivity index (χ0v) is 11.3. The number of fused-ring (bicyclic) bond motifs is 1. The molecule has 1 aromatic rings. The Labute approximate surface area is 105 Å². The van der Waals surface area contributed by atoms with E-state index in [1.165, 1.54) is 5.56 Å². The van der Waals surface area contributed by atoms with Crippen molar-refractivity contribution in [3.8, 4) is 0 Å². The first-order valence-electron chi connectivity index (χ1n) is 5.24. The summed E-state index contributed by atoms with van der Waals surface area (Å²) in [5.41, 5.74) is 2.40. The molecule has 16 heavy (non-hydrogen) atoms. The van der Waals surface area contributed by atoms with Crippen LogP contribution >= 0.6 is 15.9 Å². The Morgan fingerprint density at radius 3 is 2.62 bits per heavy atom. The van der Waals surface area contributed by atoms with Gasteiger partial charge in [-0.05, 0) is 24.0 Å². The summed E-state index contributed by atoms with van der Waals surface area (Å²) in [4.78, 5) is 0. The highest BCUT2D eigenvalue weighted by molar-refractivity contribution is 9.10.